The zero-order chi connectivity index (χ0) is 20.3. The van der Waals surface area contributed by atoms with Crippen molar-refractivity contribution in [3.8, 4) is 5.75 Å². The lowest BCUT2D eigenvalue weighted by Crippen LogP contribution is -2.45. The highest BCUT2D eigenvalue weighted by Gasteiger charge is 2.40. The monoisotopic (exact) mass is 409 g/mol. The first-order chi connectivity index (χ1) is 13.3. The normalized spacial score (nSPS) is 17.4. The molecule has 2 aromatic rings. The molecule has 3 rings (SSSR count). The molecular weight excluding hydrogens is 390 g/mol. The van der Waals surface area contributed by atoms with Crippen molar-refractivity contribution in [1.82, 2.24) is 9.62 Å². The van der Waals surface area contributed by atoms with E-state index in [4.69, 9.17) is 9.15 Å². The molecule has 10 nitrogen and oxygen atoms in total. The summed E-state index contributed by atoms with van der Waals surface area (Å²) >= 11 is 0. The van der Waals surface area contributed by atoms with Gasteiger partial charge in [0.2, 0.25) is 15.9 Å². The van der Waals surface area contributed by atoms with Crippen LogP contribution in [0.25, 0.3) is 0 Å². The number of methoxy groups -OCH3 is 1. The Kier molecular flexibility index (Phi) is 5.66. The number of furan rings is 1. The number of nitrogens with one attached hydrogen (secondary N) is 1. The molecule has 1 fully saturated rings. The van der Waals surface area contributed by atoms with E-state index in [0.29, 0.717) is 18.6 Å². The van der Waals surface area contributed by atoms with Crippen molar-refractivity contribution in [1.29, 1.82) is 0 Å². The van der Waals surface area contributed by atoms with Crippen LogP contribution in [0, 0.1) is 10.1 Å². The number of non-ortho nitro benzene ring substituents is 1. The van der Waals surface area contributed by atoms with Crippen LogP contribution in [-0.2, 0) is 21.4 Å². The molecule has 0 bridgehead atoms. The number of benzene rings is 1. The fourth-order valence-electron chi connectivity index (χ4n) is 3.10. The summed E-state index contributed by atoms with van der Waals surface area (Å²) in [5.74, 6) is -0.0213. The van der Waals surface area contributed by atoms with Crippen LogP contribution in [0.1, 0.15) is 18.6 Å². The Morgan fingerprint density at radius 1 is 1.43 bits per heavy atom. The quantitative estimate of drug-likeness (QED) is 0.543. The second kappa shape index (κ2) is 7.98. The fraction of sp³-hybridized carbons (Fsp3) is 0.353. The minimum absolute atomic E-state index is 0.143. The minimum atomic E-state index is -4.09. The molecule has 1 atom stereocenters. The van der Waals surface area contributed by atoms with Gasteiger partial charge in [-0.2, -0.15) is 4.31 Å². The Hall–Kier alpha value is -2.92. The summed E-state index contributed by atoms with van der Waals surface area (Å²) in [6.07, 6.45) is 2.38. The van der Waals surface area contributed by atoms with Gasteiger partial charge in [-0.25, -0.2) is 8.42 Å². The zero-order valence-corrected chi connectivity index (χ0v) is 15.8. The standard InChI is InChI=1S/C17H19N3O7S/c1-26-15-10-12(20(22)23)6-7-16(15)28(24,25)19-8-2-5-14(19)17(21)18-11-13-4-3-9-27-13/h3-4,6-7,9-10,14H,2,5,8,11H2,1H3,(H,18,21). The minimum Gasteiger partial charge on any atom is -0.495 e. The molecule has 11 heteroatoms. The Labute approximate surface area is 161 Å². The molecule has 1 N–H and O–H groups in total. The highest BCUT2D eigenvalue weighted by atomic mass is 32.2. The Morgan fingerprint density at radius 2 is 2.21 bits per heavy atom. The number of hydrogen-bond donors (Lipinski definition) is 1. The van der Waals surface area contributed by atoms with Crippen molar-refractivity contribution in [2.24, 2.45) is 0 Å². The lowest BCUT2D eigenvalue weighted by molar-refractivity contribution is -0.385. The average Bonchev–Trinajstić information content (AvgIpc) is 3.37. The Morgan fingerprint density at radius 3 is 2.86 bits per heavy atom. The topological polar surface area (TPSA) is 132 Å². The molecule has 1 aliphatic heterocycles. The number of amides is 1. The molecule has 0 spiro atoms. The smallest absolute Gasteiger partial charge is 0.273 e. The summed E-state index contributed by atoms with van der Waals surface area (Å²) in [7, 11) is -2.86. The fourth-order valence-corrected chi connectivity index (χ4v) is 4.90. The van der Waals surface area contributed by atoms with Gasteiger partial charge < -0.3 is 14.5 Å². The molecule has 0 saturated carbocycles. The highest BCUT2D eigenvalue weighted by Crippen LogP contribution is 2.33. The number of nitrogens with zero attached hydrogens (tertiary/aromatic N) is 2. The maximum absolute atomic E-state index is 13.1. The predicted molar refractivity (Wildman–Crippen MR) is 97.1 cm³/mol. The van der Waals surface area contributed by atoms with Gasteiger partial charge >= 0.3 is 0 Å². The van der Waals surface area contributed by atoms with E-state index in [2.05, 4.69) is 5.32 Å². The van der Waals surface area contributed by atoms with Crippen LogP contribution in [0.15, 0.2) is 45.9 Å². The predicted octanol–water partition coefficient (Wildman–Crippen LogP) is 1.67. The second-order valence-corrected chi connectivity index (χ2v) is 8.02. The first-order valence-electron chi connectivity index (χ1n) is 8.49. The van der Waals surface area contributed by atoms with E-state index in [1.807, 2.05) is 0 Å². The van der Waals surface area contributed by atoms with Crippen LogP contribution in [-0.4, -0.2) is 43.2 Å². The van der Waals surface area contributed by atoms with E-state index in [9.17, 15) is 23.3 Å². The van der Waals surface area contributed by atoms with Crippen molar-refractivity contribution < 1.29 is 27.3 Å². The van der Waals surface area contributed by atoms with Gasteiger partial charge in [-0.15, -0.1) is 0 Å². The van der Waals surface area contributed by atoms with Gasteiger partial charge in [0.1, 0.15) is 22.4 Å². The van der Waals surface area contributed by atoms with Gasteiger partial charge in [0.15, 0.2) is 0 Å². The highest BCUT2D eigenvalue weighted by molar-refractivity contribution is 7.89. The number of carbonyl (C=O) groups excluding carboxylic acids is 1. The van der Waals surface area contributed by atoms with E-state index in [0.717, 1.165) is 22.5 Å². The van der Waals surface area contributed by atoms with Crippen LogP contribution >= 0.6 is 0 Å². The second-order valence-electron chi connectivity index (χ2n) is 6.16. The van der Waals surface area contributed by atoms with Gasteiger partial charge in [0, 0.05) is 12.6 Å². The van der Waals surface area contributed by atoms with Crippen molar-refractivity contribution >= 4 is 21.6 Å². The first kappa shape index (κ1) is 19.8. The van der Waals surface area contributed by atoms with E-state index in [-0.39, 0.29) is 29.4 Å². The summed E-state index contributed by atoms with van der Waals surface area (Å²) in [5, 5.41) is 13.6. The maximum Gasteiger partial charge on any atom is 0.273 e. The van der Waals surface area contributed by atoms with Crippen molar-refractivity contribution in [3.63, 3.8) is 0 Å². The van der Waals surface area contributed by atoms with E-state index in [1.165, 1.54) is 13.4 Å². The summed E-state index contributed by atoms with van der Waals surface area (Å²) < 4.78 is 37.6. The molecule has 1 aliphatic rings. The lowest BCUT2D eigenvalue weighted by Gasteiger charge is -2.24. The number of rotatable bonds is 7. The number of sulfonamides is 1. The van der Waals surface area contributed by atoms with Gasteiger partial charge in [-0.3, -0.25) is 14.9 Å². The van der Waals surface area contributed by atoms with E-state index < -0.39 is 26.9 Å². The van der Waals surface area contributed by atoms with Crippen LogP contribution in [0.2, 0.25) is 0 Å². The Balaban J connectivity index is 1.84. The first-order valence-corrected chi connectivity index (χ1v) is 9.93. The van der Waals surface area contributed by atoms with Crippen molar-refractivity contribution in [2.75, 3.05) is 13.7 Å². The van der Waals surface area contributed by atoms with Gasteiger partial charge in [0.25, 0.3) is 5.69 Å². The molecule has 28 heavy (non-hydrogen) atoms. The molecule has 150 valence electrons. The average molecular weight is 409 g/mol. The molecule has 2 heterocycles. The molecule has 1 amide bonds. The molecular formula is C17H19N3O7S. The SMILES string of the molecule is COc1cc([N+](=O)[O-])ccc1S(=O)(=O)N1CCCC1C(=O)NCc1ccco1. The lowest BCUT2D eigenvalue weighted by atomic mass is 10.2. The zero-order valence-electron chi connectivity index (χ0n) is 15.0. The molecule has 0 aliphatic carbocycles. The molecule has 1 saturated heterocycles. The third kappa shape index (κ3) is 3.85. The van der Waals surface area contributed by atoms with E-state index in [1.54, 1.807) is 12.1 Å². The summed E-state index contributed by atoms with van der Waals surface area (Å²) in [6, 6.07) is 5.79. The van der Waals surface area contributed by atoms with Crippen LogP contribution in [0.4, 0.5) is 5.69 Å². The molecule has 1 unspecified atom stereocenters. The number of carbonyl (C=O) groups is 1. The Bertz CT molecular complexity index is 973. The maximum atomic E-state index is 13.1. The number of hydrogen-bond acceptors (Lipinski definition) is 7. The largest absolute Gasteiger partial charge is 0.495 e. The third-order valence-corrected chi connectivity index (χ3v) is 6.42. The van der Waals surface area contributed by atoms with Crippen molar-refractivity contribution in [2.45, 2.75) is 30.3 Å². The van der Waals surface area contributed by atoms with Crippen molar-refractivity contribution in [3.05, 3.63) is 52.5 Å². The number of ether oxygens (including phenoxy) is 1. The molecule has 1 aromatic heterocycles. The van der Waals surface area contributed by atoms with Crippen LogP contribution < -0.4 is 10.1 Å². The number of nitro groups is 1. The molecule has 1 aromatic carbocycles. The molecule has 0 radical (unpaired) electrons. The van der Waals surface area contributed by atoms with Gasteiger partial charge in [-0.1, -0.05) is 0 Å². The van der Waals surface area contributed by atoms with E-state index >= 15 is 0 Å². The van der Waals surface area contributed by atoms with Gasteiger partial charge in [0.05, 0.1) is 30.9 Å². The summed E-state index contributed by atoms with van der Waals surface area (Å²) in [6.45, 7) is 0.318. The van der Waals surface area contributed by atoms with Crippen LogP contribution in [0.5, 0.6) is 5.75 Å². The number of nitro benzene ring substituents is 1. The third-order valence-electron chi connectivity index (χ3n) is 4.47. The summed E-state index contributed by atoms with van der Waals surface area (Å²) in [5.41, 5.74) is -0.287. The van der Waals surface area contributed by atoms with Crippen LogP contribution in [0.3, 0.4) is 0 Å². The summed E-state index contributed by atoms with van der Waals surface area (Å²) in [4.78, 5) is 22.6. The van der Waals surface area contributed by atoms with Gasteiger partial charge in [-0.05, 0) is 31.0 Å².